The van der Waals surface area contributed by atoms with Crippen LogP contribution in [0.4, 0.5) is 13.2 Å². The molecule has 1 aromatic carbocycles. The standard InChI is InChI=1S/C23H22F3N5O4S/c1-12-6-27-21(36-12)15-3-14(4-18(5-15)35-10-17-9-34-11-19(32)31-17)20(33)30-13(2)16-7-28-22(29-8-16)23(24,25)26/h3-8,13,17H,9-11H2,1-2H3,(H,30,33)(H,31,32)/t13-,17-/m1/s1. The van der Waals surface area contributed by atoms with Crippen molar-refractivity contribution in [3.8, 4) is 16.3 Å². The van der Waals surface area contributed by atoms with Crippen LogP contribution in [-0.2, 0) is 15.7 Å². The topological polar surface area (TPSA) is 115 Å². The molecule has 3 heterocycles. The second kappa shape index (κ2) is 10.6. The SMILES string of the molecule is Cc1cnc(-c2cc(OC[C@H]3COCC(=O)N3)cc(C(=O)N[C@H](C)c3cnc(C(F)(F)F)nc3)c2)s1. The van der Waals surface area contributed by atoms with Crippen LogP contribution >= 0.6 is 11.3 Å². The Morgan fingerprint density at radius 3 is 2.64 bits per heavy atom. The summed E-state index contributed by atoms with van der Waals surface area (Å²) in [6.45, 7) is 3.96. The number of benzene rings is 1. The van der Waals surface area contributed by atoms with Crippen LogP contribution < -0.4 is 15.4 Å². The van der Waals surface area contributed by atoms with E-state index in [0.29, 0.717) is 28.5 Å². The van der Waals surface area contributed by atoms with Crippen molar-refractivity contribution in [2.75, 3.05) is 19.8 Å². The van der Waals surface area contributed by atoms with Crippen molar-refractivity contribution in [3.63, 3.8) is 0 Å². The second-order valence-electron chi connectivity index (χ2n) is 8.15. The Hall–Kier alpha value is -3.58. The lowest BCUT2D eigenvalue weighted by Gasteiger charge is -2.23. The summed E-state index contributed by atoms with van der Waals surface area (Å²) in [7, 11) is 0. The van der Waals surface area contributed by atoms with Crippen LogP contribution in [-0.4, -0.2) is 52.6 Å². The summed E-state index contributed by atoms with van der Waals surface area (Å²) in [5.41, 5.74) is 1.23. The van der Waals surface area contributed by atoms with E-state index in [9.17, 15) is 22.8 Å². The minimum Gasteiger partial charge on any atom is -0.491 e. The zero-order chi connectivity index (χ0) is 25.9. The number of amides is 2. The van der Waals surface area contributed by atoms with Gasteiger partial charge in [0, 0.05) is 40.2 Å². The number of rotatable bonds is 7. The predicted molar refractivity (Wildman–Crippen MR) is 123 cm³/mol. The monoisotopic (exact) mass is 521 g/mol. The fraction of sp³-hybridized carbons (Fsp3) is 0.348. The molecule has 1 fully saturated rings. The number of hydrogen-bond donors (Lipinski definition) is 2. The van der Waals surface area contributed by atoms with Crippen LogP contribution in [0.3, 0.4) is 0 Å². The summed E-state index contributed by atoms with van der Waals surface area (Å²) in [6.07, 6.45) is -0.868. The van der Waals surface area contributed by atoms with Gasteiger partial charge in [0.1, 0.15) is 24.0 Å². The highest BCUT2D eigenvalue weighted by atomic mass is 32.1. The Morgan fingerprint density at radius 2 is 2.00 bits per heavy atom. The van der Waals surface area contributed by atoms with E-state index < -0.39 is 23.9 Å². The molecule has 0 radical (unpaired) electrons. The smallest absolute Gasteiger partial charge is 0.451 e. The van der Waals surface area contributed by atoms with E-state index >= 15 is 0 Å². The van der Waals surface area contributed by atoms with Gasteiger partial charge in [-0.25, -0.2) is 15.0 Å². The highest BCUT2D eigenvalue weighted by molar-refractivity contribution is 7.14. The molecule has 0 bridgehead atoms. The lowest BCUT2D eigenvalue weighted by molar-refractivity contribution is -0.145. The van der Waals surface area contributed by atoms with Crippen molar-refractivity contribution in [1.82, 2.24) is 25.6 Å². The van der Waals surface area contributed by atoms with Gasteiger partial charge in [-0.3, -0.25) is 9.59 Å². The highest BCUT2D eigenvalue weighted by Gasteiger charge is 2.34. The summed E-state index contributed by atoms with van der Waals surface area (Å²) >= 11 is 1.45. The Labute approximate surface area is 208 Å². The van der Waals surface area contributed by atoms with Crippen LogP contribution in [0.1, 0.15) is 39.6 Å². The van der Waals surface area contributed by atoms with E-state index in [0.717, 1.165) is 17.3 Å². The number of carbonyl (C=O) groups is 2. The molecular formula is C23H22F3N5O4S. The number of nitrogens with zero attached hydrogens (tertiary/aromatic N) is 3. The molecule has 0 aliphatic carbocycles. The van der Waals surface area contributed by atoms with Crippen LogP contribution in [0.5, 0.6) is 5.75 Å². The third kappa shape index (κ3) is 6.34. The first-order chi connectivity index (χ1) is 17.1. The maximum Gasteiger partial charge on any atom is 0.451 e. The normalized spacial score (nSPS) is 16.8. The number of carbonyl (C=O) groups excluding carboxylic acids is 2. The number of aromatic nitrogens is 3. The van der Waals surface area contributed by atoms with Gasteiger partial charge in [-0.1, -0.05) is 0 Å². The van der Waals surface area contributed by atoms with E-state index in [-0.39, 0.29) is 30.7 Å². The first kappa shape index (κ1) is 25.5. The quantitative estimate of drug-likeness (QED) is 0.490. The minimum absolute atomic E-state index is 0.00184. The molecule has 2 aromatic heterocycles. The van der Waals surface area contributed by atoms with E-state index in [1.54, 1.807) is 31.3 Å². The molecule has 13 heteroatoms. The van der Waals surface area contributed by atoms with Gasteiger partial charge < -0.3 is 20.1 Å². The van der Waals surface area contributed by atoms with Gasteiger partial charge in [-0.05, 0) is 32.0 Å². The van der Waals surface area contributed by atoms with Gasteiger partial charge in [-0.2, -0.15) is 13.2 Å². The molecule has 0 spiro atoms. The average molecular weight is 522 g/mol. The number of nitrogens with one attached hydrogen (secondary N) is 2. The lowest BCUT2D eigenvalue weighted by Crippen LogP contribution is -2.48. The summed E-state index contributed by atoms with van der Waals surface area (Å²) < 4.78 is 49.3. The Kier molecular flexibility index (Phi) is 7.50. The third-order valence-electron chi connectivity index (χ3n) is 5.18. The minimum atomic E-state index is -4.65. The summed E-state index contributed by atoms with van der Waals surface area (Å²) in [5.74, 6) is -1.58. The van der Waals surface area contributed by atoms with Crippen molar-refractivity contribution < 1.29 is 32.2 Å². The first-order valence-electron chi connectivity index (χ1n) is 10.9. The van der Waals surface area contributed by atoms with Gasteiger partial charge in [-0.15, -0.1) is 11.3 Å². The molecule has 9 nitrogen and oxygen atoms in total. The maximum absolute atomic E-state index is 13.1. The van der Waals surface area contributed by atoms with E-state index in [4.69, 9.17) is 9.47 Å². The average Bonchev–Trinajstić information content (AvgIpc) is 3.28. The number of alkyl halides is 3. The first-order valence-corrected chi connectivity index (χ1v) is 11.7. The number of aryl methyl sites for hydroxylation is 1. The highest BCUT2D eigenvalue weighted by Crippen LogP contribution is 2.30. The number of thiazole rings is 1. The predicted octanol–water partition coefficient (Wildman–Crippen LogP) is 3.31. The van der Waals surface area contributed by atoms with Gasteiger partial charge >= 0.3 is 6.18 Å². The number of morpholine rings is 1. The molecule has 4 rings (SSSR count). The molecule has 0 saturated carbocycles. The van der Waals surface area contributed by atoms with Gasteiger partial charge in [0.25, 0.3) is 5.91 Å². The lowest BCUT2D eigenvalue weighted by atomic mass is 10.1. The Balaban J connectivity index is 1.53. The molecule has 190 valence electrons. The number of halogens is 3. The van der Waals surface area contributed by atoms with Gasteiger partial charge in [0.15, 0.2) is 0 Å². The third-order valence-corrected chi connectivity index (χ3v) is 6.14. The molecule has 36 heavy (non-hydrogen) atoms. The molecule has 1 saturated heterocycles. The fourth-order valence-corrected chi connectivity index (χ4v) is 4.14. The van der Waals surface area contributed by atoms with Crippen LogP contribution in [0.15, 0.2) is 36.8 Å². The zero-order valence-electron chi connectivity index (χ0n) is 19.3. The van der Waals surface area contributed by atoms with Crippen molar-refractivity contribution in [1.29, 1.82) is 0 Å². The van der Waals surface area contributed by atoms with Crippen molar-refractivity contribution in [2.24, 2.45) is 0 Å². The molecule has 1 aliphatic rings. The van der Waals surface area contributed by atoms with Crippen LogP contribution in [0.2, 0.25) is 0 Å². The number of ether oxygens (including phenoxy) is 2. The molecular weight excluding hydrogens is 499 g/mol. The fourth-order valence-electron chi connectivity index (χ4n) is 3.39. The maximum atomic E-state index is 13.1. The van der Waals surface area contributed by atoms with E-state index in [1.165, 1.54) is 11.3 Å². The van der Waals surface area contributed by atoms with Crippen LogP contribution in [0.25, 0.3) is 10.6 Å². The molecule has 1 aliphatic heterocycles. The van der Waals surface area contributed by atoms with Crippen molar-refractivity contribution in [2.45, 2.75) is 32.1 Å². The molecule has 2 N–H and O–H groups in total. The Morgan fingerprint density at radius 1 is 1.25 bits per heavy atom. The summed E-state index contributed by atoms with van der Waals surface area (Å²) in [4.78, 5) is 36.6. The van der Waals surface area contributed by atoms with Crippen molar-refractivity contribution in [3.05, 3.63) is 58.6 Å². The van der Waals surface area contributed by atoms with Crippen molar-refractivity contribution >= 4 is 23.2 Å². The number of hydrogen-bond acceptors (Lipinski definition) is 8. The second-order valence-corrected chi connectivity index (χ2v) is 9.38. The molecule has 0 unspecified atom stereocenters. The largest absolute Gasteiger partial charge is 0.491 e. The summed E-state index contributed by atoms with van der Waals surface area (Å²) in [6, 6.07) is 3.94. The van der Waals surface area contributed by atoms with E-state index in [2.05, 4.69) is 25.6 Å². The molecule has 2 amide bonds. The molecule has 3 aromatic rings. The zero-order valence-corrected chi connectivity index (χ0v) is 20.1. The molecule has 2 atom stereocenters. The van der Waals surface area contributed by atoms with Gasteiger partial charge in [0.05, 0.1) is 18.7 Å². The van der Waals surface area contributed by atoms with Crippen LogP contribution in [0, 0.1) is 6.92 Å². The van der Waals surface area contributed by atoms with Gasteiger partial charge in [0.2, 0.25) is 11.7 Å². The van der Waals surface area contributed by atoms with E-state index in [1.807, 2.05) is 6.92 Å². The summed E-state index contributed by atoms with van der Waals surface area (Å²) in [5, 5.41) is 6.20. The Bertz CT molecular complexity index is 1250.